The Balaban J connectivity index is 2.55. The lowest BCUT2D eigenvalue weighted by molar-refractivity contribution is 0.234. The molecular weight excluding hydrogens is 166 g/mol. The fourth-order valence-electron chi connectivity index (χ4n) is 0.775. The molecule has 2 N–H and O–H groups in total. The van der Waals surface area contributed by atoms with Gasteiger partial charge in [0.05, 0.1) is 0 Å². The number of ether oxygens (including phenoxy) is 1. The van der Waals surface area contributed by atoms with Gasteiger partial charge >= 0.3 is 0 Å². The molecule has 0 aliphatic rings. The smallest absolute Gasteiger partial charge is 0.216 e. The summed E-state index contributed by atoms with van der Waals surface area (Å²) in [6, 6.07) is 1.72. The lowest BCUT2D eigenvalue weighted by Crippen LogP contribution is -2.38. The number of hydrogen-bond donors (Lipinski definition) is 1. The van der Waals surface area contributed by atoms with E-state index in [1.54, 1.807) is 12.3 Å². The molecule has 1 heterocycles. The van der Waals surface area contributed by atoms with Crippen LogP contribution in [0.1, 0.15) is 19.7 Å². The highest BCUT2D eigenvalue weighted by molar-refractivity contribution is 5.07. The minimum Gasteiger partial charge on any atom is -0.476 e. The Kier molecular flexibility index (Phi) is 2.83. The first-order chi connectivity index (χ1) is 5.97. The Morgan fingerprint density at radius 1 is 1.54 bits per heavy atom. The molecule has 0 unspecified atom stereocenters. The zero-order valence-electron chi connectivity index (χ0n) is 8.24. The Morgan fingerprint density at radius 3 is 2.77 bits per heavy atom. The second-order valence-electron chi connectivity index (χ2n) is 3.72. The summed E-state index contributed by atoms with van der Waals surface area (Å²) >= 11 is 0. The van der Waals surface area contributed by atoms with Crippen molar-refractivity contribution >= 4 is 0 Å². The summed E-state index contributed by atoms with van der Waals surface area (Å²) in [5.74, 6) is 1.28. The Hall–Kier alpha value is -1.16. The van der Waals surface area contributed by atoms with Gasteiger partial charge in [-0.3, -0.25) is 0 Å². The van der Waals surface area contributed by atoms with E-state index in [1.165, 1.54) is 0 Å². The number of aryl methyl sites for hydroxylation is 1. The van der Waals surface area contributed by atoms with Crippen LogP contribution in [0.3, 0.4) is 0 Å². The molecule has 0 aliphatic carbocycles. The zero-order valence-corrected chi connectivity index (χ0v) is 8.24. The van der Waals surface area contributed by atoms with Gasteiger partial charge in [0.25, 0.3) is 0 Å². The molecule has 0 fully saturated rings. The Labute approximate surface area is 78.1 Å². The second-order valence-corrected chi connectivity index (χ2v) is 3.72. The molecule has 0 saturated carbocycles. The molecule has 0 saturated heterocycles. The van der Waals surface area contributed by atoms with Gasteiger partial charge in [0.2, 0.25) is 5.88 Å². The molecule has 13 heavy (non-hydrogen) atoms. The average Bonchev–Trinajstić information content (AvgIpc) is 2.00. The number of nitrogens with two attached hydrogens (primary N) is 1. The third-order valence-electron chi connectivity index (χ3n) is 1.34. The van der Waals surface area contributed by atoms with Crippen molar-refractivity contribution in [2.45, 2.75) is 26.3 Å². The summed E-state index contributed by atoms with van der Waals surface area (Å²) in [6.45, 7) is 6.08. The van der Waals surface area contributed by atoms with Crippen LogP contribution in [0.2, 0.25) is 0 Å². The van der Waals surface area contributed by atoms with E-state index in [2.05, 4.69) is 9.97 Å². The molecule has 0 atom stereocenters. The molecule has 4 heteroatoms. The van der Waals surface area contributed by atoms with Crippen LogP contribution in [0.25, 0.3) is 0 Å². The standard InChI is InChI=1S/C9H15N3O/c1-7-11-5-4-8(12-7)13-6-9(2,3)10/h4-5H,6,10H2,1-3H3. The lowest BCUT2D eigenvalue weighted by atomic mass is 10.1. The van der Waals surface area contributed by atoms with E-state index in [9.17, 15) is 0 Å². The minimum absolute atomic E-state index is 0.334. The van der Waals surface area contributed by atoms with Gasteiger partial charge in [-0.15, -0.1) is 0 Å². The average molecular weight is 181 g/mol. The predicted octanol–water partition coefficient (Wildman–Crippen LogP) is 0.901. The van der Waals surface area contributed by atoms with Gasteiger partial charge in [-0.05, 0) is 20.8 Å². The molecule has 72 valence electrons. The summed E-state index contributed by atoms with van der Waals surface area (Å²) in [5, 5.41) is 0. The monoisotopic (exact) mass is 181 g/mol. The van der Waals surface area contributed by atoms with Gasteiger partial charge in [0.1, 0.15) is 12.4 Å². The first-order valence-electron chi connectivity index (χ1n) is 4.19. The topological polar surface area (TPSA) is 61.0 Å². The van der Waals surface area contributed by atoms with Crippen molar-refractivity contribution in [2.75, 3.05) is 6.61 Å². The highest BCUT2D eigenvalue weighted by Crippen LogP contribution is 2.07. The molecule has 1 rings (SSSR count). The van der Waals surface area contributed by atoms with Gasteiger partial charge in [0, 0.05) is 17.8 Å². The van der Waals surface area contributed by atoms with E-state index in [0.29, 0.717) is 18.3 Å². The second kappa shape index (κ2) is 3.70. The molecule has 0 spiro atoms. The van der Waals surface area contributed by atoms with Crippen molar-refractivity contribution in [1.29, 1.82) is 0 Å². The summed E-state index contributed by atoms with van der Waals surface area (Å²) in [5.41, 5.74) is 5.42. The quantitative estimate of drug-likeness (QED) is 0.752. The fourth-order valence-corrected chi connectivity index (χ4v) is 0.775. The first kappa shape index (κ1) is 9.92. The van der Waals surface area contributed by atoms with Gasteiger partial charge < -0.3 is 10.5 Å². The third kappa shape index (κ3) is 3.85. The highest BCUT2D eigenvalue weighted by Gasteiger charge is 2.11. The molecule has 4 nitrogen and oxygen atoms in total. The van der Waals surface area contributed by atoms with E-state index in [-0.39, 0.29) is 5.54 Å². The molecule has 1 aromatic rings. The van der Waals surface area contributed by atoms with Crippen LogP contribution in [0, 0.1) is 6.92 Å². The summed E-state index contributed by atoms with van der Waals surface area (Å²) in [4.78, 5) is 8.05. The van der Waals surface area contributed by atoms with E-state index in [1.807, 2.05) is 20.8 Å². The molecule has 0 aromatic carbocycles. The van der Waals surface area contributed by atoms with Gasteiger partial charge in [-0.2, -0.15) is 4.98 Å². The van der Waals surface area contributed by atoms with Crippen molar-refractivity contribution in [3.8, 4) is 5.88 Å². The van der Waals surface area contributed by atoms with Crippen LogP contribution < -0.4 is 10.5 Å². The van der Waals surface area contributed by atoms with E-state index in [0.717, 1.165) is 0 Å². The van der Waals surface area contributed by atoms with Crippen LogP contribution in [0.5, 0.6) is 5.88 Å². The Bertz CT molecular complexity index is 280. The van der Waals surface area contributed by atoms with Gasteiger partial charge in [0.15, 0.2) is 0 Å². The van der Waals surface area contributed by atoms with Crippen molar-refractivity contribution in [3.05, 3.63) is 18.1 Å². The summed E-state index contributed by atoms with van der Waals surface area (Å²) in [7, 11) is 0. The van der Waals surface area contributed by atoms with Gasteiger partial charge in [-0.25, -0.2) is 4.98 Å². The summed E-state index contributed by atoms with van der Waals surface area (Å²) in [6.07, 6.45) is 1.67. The first-order valence-corrected chi connectivity index (χ1v) is 4.19. The van der Waals surface area contributed by atoms with Crippen molar-refractivity contribution in [2.24, 2.45) is 5.73 Å². The number of hydrogen-bond acceptors (Lipinski definition) is 4. The van der Waals surface area contributed by atoms with Crippen LogP contribution in [-0.2, 0) is 0 Å². The lowest BCUT2D eigenvalue weighted by Gasteiger charge is -2.18. The SMILES string of the molecule is Cc1nccc(OCC(C)(C)N)n1. The van der Waals surface area contributed by atoms with Crippen LogP contribution in [-0.4, -0.2) is 22.1 Å². The maximum atomic E-state index is 5.75. The number of nitrogens with zero attached hydrogens (tertiary/aromatic N) is 2. The maximum absolute atomic E-state index is 5.75. The molecular formula is C9H15N3O. The van der Waals surface area contributed by atoms with Crippen molar-refractivity contribution in [1.82, 2.24) is 9.97 Å². The van der Waals surface area contributed by atoms with E-state index >= 15 is 0 Å². The third-order valence-corrected chi connectivity index (χ3v) is 1.34. The number of rotatable bonds is 3. The maximum Gasteiger partial charge on any atom is 0.216 e. The highest BCUT2D eigenvalue weighted by atomic mass is 16.5. The van der Waals surface area contributed by atoms with Crippen molar-refractivity contribution in [3.63, 3.8) is 0 Å². The number of aromatic nitrogens is 2. The molecule has 0 aliphatic heterocycles. The van der Waals surface area contributed by atoms with Crippen molar-refractivity contribution < 1.29 is 4.74 Å². The van der Waals surface area contributed by atoms with E-state index < -0.39 is 0 Å². The summed E-state index contributed by atoms with van der Waals surface area (Å²) < 4.78 is 5.38. The largest absolute Gasteiger partial charge is 0.476 e. The van der Waals surface area contributed by atoms with Crippen LogP contribution >= 0.6 is 0 Å². The van der Waals surface area contributed by atoms with Crippen LogP contribution in [0.15, 0.2) is 12.3 Å². The van der Waals surface area contributed by atoms with Crippen LogP contribution in [0.4, 0.5) is 0 Å². The zero-order chi connectivity index (χ0) is 9.90. The van der Waals surface area contributed by atoms with E-state index in [4.69, 9.17) is 10.5 Å². The molecule has 0 radical (unpaired) electrons. The predicted molar refractivity (Wildman–Crippen MR) is 50.5 cm³/mol. The Morgan fingerprint density at radius 2 is 2.23 bits per heavy atom. The molecule has 0 bridgehead atoms. The minimum atomic E-state index is -0.334. The fraction of sp³-hybridized carbons (Fsp3) is 0.556. The molecule has 1 aromatic heterocycles. The van der Waals surface area contributed by atoms with Gasteiger partial charge in [-0.1, -0.05) is 0 Å². The normalized spacial score (nSPS) is 11.4. The molecule has 0 amide bonds.